The van der Waals surface area contributed by atoms with Crippen LogP contribution in [0.3, 0.4) is 0 Å². The average Bonchev–Trinajstić information content (AvgIpc) is 3.49. The normalized spacial score (nSPS) is 12.9. The number of carbonyl (C=O) groups excluding carboxylic acids is 1. The van der Waals surface area contributed by atoms with Gasteiger partial charge in [0, 0.05) is 34.1 Å². The Hall–Kier alpha value is -2.68. The highest BCUT2D eigenvalue weighted by Gasteiger charge is 2.24. The number of allylic oxidation sites excluding steroid dienone is 1. The van der Waals surface area contributed by atoms with E-state index in [1.54, 1.807) is 34.1 Å². The average molecular weight is 528 g/mol. The van der Waals surface area contributed by atoms with E-state index in [1.807, 2.05) is 24.5 Å². The van der Waals surface area contributed by atoms with Crippen molar-refractivity contribution >= 4 is 50.7 Å². The summed E-state index contributed by atoms with van der Waals surface area (Å²) in [6.45, 7) is 7.87. The van der Waals surface area contributed by atoms with Crippen LogP contribution in [-0.2, 0) is 19.4 Å². The molecule has 0 amide bonds. The summed E-state index contributed by atoms with van der Waals surface area (Å²) < 4.78 is 17.1. The first-order valence-electron chi connectivity index (χ1n) is 11.3. The maximum atomic E-state index is 13.6. The van der Waals surface area contributed by atoms with Crippen molar-refractivity contribution < 1.29 is 9.18 Å². The summed E-state index contributed by atoms with van der Waals surface area (Å²) in [4.78, 5) is 33.3. The Morgan fingerprint density at radius 2 is 2.11 bits per heavy atom. The van der Waals surface area contributed by atoms with E-state index in [2.05, 4.69) is 6.58 Å². The smallest absolute Gasteiger partial charge is 0.263 e. The molecule has 0 aliphatic heterocycles. The molecule has 180 valence electrons. The molecule has 0 saturated heterocycles. The summed E-state index contributed by atoms with van der Waals surface area (Å²) >= 11 is 8.83. The molecule has 35 heavy (non-hydrogen) atoms. The summed E-state index contributed by atoms with van der Waals surface area (Å²) in [5.74, 6) is -0.429. The molecule has 0 N–H and O–H groups in total. The topological polar surface area (TPSA) is 56.9 Å². The number of thiophene rings is 1. The first kappa shape index (κ1) is 24.0. The van der Waals surface area contributed by atoms with Gasteiger partial charge in [0.1, 0.15) is 10.6 Å². The molecule has 4 aromatic rings. The summed E-state index contributed by atoms with van der Waals surface area (Å²) in [5, 5.41) is 1.27. The van der Waals surface area contributed by atoms with Crippen molar-refractivity contribution in [1.82, 2.24) is 14.1 Å². The van der Waals surface area contributed by atoms with Crippen molar-refractivity contribution in [3.05, 3.63) is 85.5 Å². The van der Waals surface area contributed by atoms with Crippen molar-refractivity contribution in [2.45, 2.75) is 44.8 Å². The standard InChI is InChI=1S/C26H23ClFN3O2S2/c1-4-10-30-25(33)23-17-6-5-7-22(17)35-24(23)29-26(30)34-13-21(32)18-11-14(2)31(15(18)3)16-8-9-20(28)19(27)12-16/h4,8-9,11-12H,1,5-7,10,13H2,2-3H3. The number of hydrogen-bond donors (Lipinski definition) is 0. The lowest BCUT2D eigenvalue weighted by molar-refractivity contribution is 0.102. The van der Waals surface area contributed by atoms with Crippen LogP contribution in [0.15, 0.2) is 46.9 Å². The van der Waals surface area contributed by atoms with Gasteiger partial charge in [-0.05, 0) is 62.9 Å². The summed E-state index contributed by atoms with van der Waals surface area (Å²) in [6, 6.07) is 6.32. The van der Waals surface area contributed by atoms with E-state index >= 15 is 0 Å². The van der Waals surface area contributed by atoms with E-state index in [-0.39, 0.29) is 22.1 Å². The van der Waals surface area contributed by atoms with Gasteiger partial charge in [0.15, 0.2) is 10.9 Å². The molecule has 0 bridgehead atoms. The minimum Gasteiger partial charge on any atom is -0.318 e. The molecule has 0 saturated carbocycles. The Morgan fingerprint density at radius 1 is 1.31 bits per heavy atom. The van der Waals surface area contributed by atoms with Gasteiger partial charge in [0.05, 0.1) is 16.2 Å². The number of fused-ring (bicyclic) bond motifs is 3. The van der Waals surface area contributed by atoms with E-state index in [0.29, 0.717) is 23.0 Å². The number of nitrogens with zero attached hydrogens (tertiary/aromatic N) is 3. The second-order valence-electron chi connectivity index (χ2n) is 8.57. The fourth-order valence-corrected chi connectivity index (χ4v) is 7.10. The molecule has 1 aliphatic rings. The van der Waals surface area contributed by atoms with E-state index in [4.69, 9.17) is 16.6 Å². The molecule has 9 heteroatoms. The number of rotatable bonds is 7. The minimum atomic E-state index is -0.489. The van der Waals surface area contributed by atoms with E-state index in [9.17, 15) is 14.0 Å². The molecule has 0 unspecified atom stereocenters. The van der Waals surface area contributed by atoms with Crippen LogP contribution in [0.4, 0.5) is 4.39 Å². The highest BCUT2D eigenvalue weighted by Crippen LogP contribution is 2.36. The van der Waals surface area contributed by atoms with Gasteiger partial charge < -0.3 is 4.57 Å². The number of carbonyl (C=O) groups is 1. The number of ketones is 1. The third-order valence-corrected chi connectivity index (χ3v) is 8.78. The minimum absolute atomic E-state index is 0.0274. The number of aromatic nitrogens is 3. The van der Waals surface area contributed by atoms with Gasteiger partial charge in [0.25, 0.3) is 5.56 Å². The molecule has 3 heterocycles. The zero-order chi connectivity index (χ0) is 24.9. The van der Waals surface area contributed by atoms with Crippen LogP contribution in [0.25, 0.3) is 15.9 Å². The lowest BCUT2D eigenvalue weighted by Crippen LogP contribution is -2.23. The van der Waals surface area contributed by atoms with Crippen LogP contribution < -0.4 is 5.56 Å². The maximum Gasteiger partial charge on any atom is 0.263 e. The number of Topliss-reactive ketones (excluding diaryl/α,β-unsaturated/α-hetero) is 1. The van der Waals surface area contributed by atoms with Crippen LogP contribution in [0.1, 0.15) is 38.6 Å². The Balaban J connectivity index is 1.45. The molecular weight excluding hydrogens is 505 g/mol. The Bertz CT molecular complexity index is 1570. The van der Waals surface area contributed by atoms with Crippen LogP contribution in [0.5, 0.6) is 0 Å². The lowest BCUT2D eigenvalue weighted by Gasteiger charge is -2.11. The molecule has 5 nitrogen and oxygen atoms in total. The van der Waals surface area contributed by atoms with E-state index < -0.39 is 5.82 Å². The molecule has 0 spiro atoms. The van der Waals surface area contributed by atoms with Gasteiger partial charge >= 0.3 is 0 Å². The molecule has 1 aromatic carbocycles. The largest absolute Gasteiger partial charge is 0.318 e. The first-order chi connectivity index (χ1) is 16.8. The van der Waals surface area contributed by atoms with Crippen LogP contribution in [0, 0.1) is 19.7 Å². The molecule has 0 fully saturated rings. The van der Waals surface area contributed by atoms with Crippen molar-refractivity contribution in [3.63, 3.8) is 0 Å². The zero-order valence-corrected chi connectivity index (χ0v) is 21.7. The quantitative estimate of drug-likeness (QED) is 0.122. The van der Waals surface area contributed by atoms with E-state index in [1.165, 1.54) is 22.7 Å². The monoisotopic (exact) mass is 527 g/mol. The SMILES string of the molecule is C=CCn1c(SCC(=O)c2cc(C)n(-c3ccc(F)c(Cl)c3)c2C)nc2sc3c(c2c1=O)CCC3. The highest BCUT2D eigenvalue weighted by molar-refractivity contribution is 7.99. The van der Waals surface area contributed by atoms with Gasteiger partial charge in [0.2, 0.25) is 0 Å². The number of aryl methyl sites for hydroxylation is 3. The summed E-state index contributed by atoms with van der Waals surface area (Å²) in [7, 11) is 0. The van der Waals surface area contributed by atoms with Gasteiger partial charge in [-0.15, -0.1) is 17.9 Å². The summed E-state index contributed by atoms with van der Waals surface area (Å²) in [6.07, 6.45) is 4.66. The predicted molar refractivity (Wildman–Crippen MR) is 141 cm³/mol. The highest BCUT2D eigenvalue weighted by atomic mass is 35.5. The molecule has 0 radical (unpaired) electrons. The predicted octanol–water partition coefficient (Wildman–Crippen LogP) is 6.31. The maximum absolute atomic E-state index is 13.6. The van der Waals surface area contributed by atoms with Gasteiger partial charge in [-0.3, -0.25) is 14.2 Å². The molecule has 3 aromatic heterocycles. The van der Waals surface area contributed by atoms with Crippen molar-refractivity contribution in [2.24, 2.45) is 0 Å². The Kier molecular flexibility index (Phi) is 6.46. The van der Waals surface area contributed by atoms with Crippen molar-refractivity contribution in [3.8, 4) is 5.69 Å². The fraction of sp³-hybridized carbons (Fsp3) is 0.269. The van der Waals surface area contributed by atoms with Crippen LogP contribution in [-0.4, -0.2) is 25.7 Å². The molecule has 5 rings (SSSR count). The Morgan fingerprint density at radius 3 is 2.86 bits per heavy atom. The third kappa shape index (κ3) is 4.17. The first-order valence-corrected chi connectivity index (χ1v) is 13.4. The van der Waals surface area contributed by atoms with Gasteiger partial charge in [-0.1, -0.05) is 29.4 Å². The third-order valence-electron chi connectivity index (χ3n) is 6.33. The second kappa shape index (κ2) is 9.41. The number of benzene rings is 1. The van der Waals surface area contributed by atoms with Crippen molar-refractivity contribution in [2.75, 3.05) is 5.75 Å². The number of halogens is 2. The number of hydrogen-bond acceptors (Lipinski definition) is 5. The second-order valence-corrected chi connectivity index (χ2v) is 11.0. The Labute approximate surface area is 215 Å². The van der Waals surface area contributed by atoms with Crippen molar-refractivity contribution in [1.29, 1.82) is 0 Å². The molecular formula is C26H23ClFN3O2S2. The zero-order valence-electron chi connectivity index (χ0n) is 19.4. The van der Waals surface area contributed by atoms with Gasteiger partial charge in [-0.2, -0.15) is 0 Å². The molecule has 1 aliphatic carbocycles. The van der Waals surface area contributed by atoms with Crippen LogP contribution in [0.2, 0.25) is 5.02 Å². The van der Waals surface area contributed by atoms with Gasteiger partial charge in [-0.25, -0.2) is 9.37 Å². The fourth-order valence-electron chi connectivity index (χ4n) is 4.73. The molecule has 0 atom stereocenters. The van der Waals surface area contributed by atoms with E-state index in [0.717, 1.165) is 46.4 Å². The lowest BCUT2D eigenvalue weighted by atomic mass is 10.2. The summed E-state index contributed by atoms with van der Waals surface area (Å²) in [5.41, 5.74) is 3.93. The van der Waals surface area contributed by atoms with Crippen LogP contribution >= 0.6 is 34.7 Å². The number of thioether (sulfide) groups is 1.